The molecule has 0 spiro atoms. The Kier molecular flexibility index (Phi) is 7.25. The van der Waals surface area contributed by atoms with Crippen LogP contribution < -0.4 is 10.2 Å². The minimum atomic E-state index is -0.581. The van der Waals surface area contributed by atoms with Crippen LogP contribution in [0.4, 0.5) is 11.4 Å². The lowest BCUT2D eigenvalue weighted by Crippen LogP contribution is -2.36. The third kappa shape index (κ3) is 5.56. The van der Waals surface area contributed by atoms with Crippen molar-refractivity contribution in [2.75, 3.05) is 43.1 Å². The van der Waals surface area contributed by atoms with Gasteiger partial charge in [0.15, 0.2) is 6.61 Å². The summed E-state index contributed by atoms with van der Waals surface area (Å²) in [5.74, 6) is -0.990. The first kappa shape index (κ1) is 24.0. The molecule has 1 N–H and O–H groups in total. The number of benzene rings is 3. The molecule has 3 aromatic carbocycles. The minimum absolute atomic E-state index is 0.359. The number of aromatic nitrogens is 1. The first-order valence-electron chi connectivity index (χ1n) is 11.6. The predicted octanol–water partition coefficient (Wildman–Crippen LogP) is 5.30. The fraction of sp³-hybridized carbons (Fsp3) is 0.179. The summed E-state index contributed by atoms with van der Waals surface area (Å²) in [4.78, 5) is 32.5. The largest absolute Gasteiger partial charge is 0.452 e. The van der Waals surface area contributed by atoms with Crippen molar-refractivity contribution >= 4 is 50.1 Å². The normalized spacial score (nSPS) is 13.4. The van der Waals surface area contributed by atoms with Crippen LogP contribution in [0.2, 0.25) is 0 Å². The number of nitrogens with one attached hydrogen (secondary N) is 1. The molecule has 1 amide bonds. The Labute approximate surface area is 217 Å². The van der Waals surface area contributed by atoms with Crippen molar-refractivity contribution in [1.82, 2.24) is 4.98 Å². The quantitative estimate of drug-likeness (QED) is 0.331. The lowest BCUT2D eigenvalue weighted by Gasteiger charge is -2.28. The Hall–Kier alpha value is -3.75. The van der Waals surface area contributed by atoms with Gasteiger partial charge in [0, 0.05) is 39.9 Å². The highest BCUT2D eigenvalue weighted by Gasteiger charge is 2.17. The van der Waals surface area contributed by atoms with Gasteiger partial charge >= 0.3 is 5.97 Å². The maximum atomic E-state index is 13.0. The first-order chi connectivity index (χ1) is 17.6. The number of anilines is 2. The molecular weight excluding hydrogens is 522 g/mol. The number of carbonyl (C=O) groups is 2. The van der Waals surface area contributed by atoms with Crippen molar-refractivity contribution < 1.29 is 19.1 Å². The van der Waals surface area contributed by atoms with Crippen molar-refractivity contribution in [2.24, 2.45) is 0 Å². The van der Waals surface area contributed by atoms with Gasteiger partial charge in [0.05, 0.1) is 30.0 Å². The number of para-hydroxylation sites is 1. The number of hydrogen-bond acceptors (Lipinski definition) is 6. The molecule has 1 fully saturated rings. The summed E-state index contributed by atoms with van der Waals surface area (Å²) < 4.78 is 11.7. The van der Waals surface area contributed by atoms with E-state index in [1.807, 2.05) is 72.8 Å². The van der Waals surface area contributed by atoms with Crippen LogP contribution in [0.3, 0.4) is 0 Å². The van der Waals surface area contributed by atoms with Gasteiger partial charge in [-0.2, -0.15) is 0 Å². The number of rotatable bonds is 6. The number of hydrogen-bond donors (Lipinski definition) is 1. The molecule has 5 rings (SSSR count). The van der Waals surface area contributed by atoms with E-state index in [9.17, 15) is 9.59 Å². The number of ether oxygens (including phenoxy) is 2. The highest BCUT2D eigenvalue weighted by atomic mass is 79.9. The maximum Gasteiger partial charge on any atom is 0.339 e. The highest BCUT2D eigenvalue weighted by molar-refractivity contribution is 9.10. The number of halogens is 1. The van der Waals surface area contributed by atoms with Crippen LogP contribution in [0.25, 0.3) is 22.2 Å². The van der Waals surface area contributed by atoms with Crippen LogP contribution in [0.1, 0.15) is 10.4 Å². The van der Waals surface area contributed by atoms with E-state index in [1.165, 1.54) is 0 Å². The fourth-order valence-corrected chi connectivity index (χ4v) is 4.52. The molecule has 1 saturated heterocycles. The van der Waals surface area contributed by atoms with Gasteiger partial charge in [-0.1, -0.05) is 46.3 Å². The summed E-state index contributed by atoms with van der Waals surface area (Å²) in [7, 11) is 0. The molecule has 4 aromatic rings. The Morgan fingerprint density at radius 3 is 2.53 bits per heavy atom. The lowest BCUT2D eigenvalue weighted by atomic mass is 10.0. The van der Waals surface area contributed by atoms with E-state index in [2.05, 4.69) is 26.1 Å². The van der Waals surface area contributed by atoms with E-state index in [0.717, 1.165) is 28.8 Å². The number of morpholine rings is 1. The SMILES string of the molecule is O=C(COC(=O)c1cc(-c2cccc(Br)c2)nc2ccccc12)Nc1ccc(N2CCOCC2)cc1. The second-order valence-corrected chi connectivity index (χ2v) is 9.27. The van der Waals surface area contributed by atoms with Crippen LogP contribution in [0.5, 0.6) is 0 Å². The van der Waals surface area contributed by atoms with Gasteiger partial charge in [0.25, 0.3) is 5.91 Å². The Bertz CT molecular complexity index is 1400. The van der Waals surface area contributed by atoms with Gasteiger partial charge in [-0.3, -0.25) is 4.79 Å². The topological polar surface area (TPSA) is 80.8 Å². The number of carbonyl (C=O) groups excluding carboxylic acids is 2. The van der Waals surface area contributed by atoms with Gasteiger partial charge in [-0.15, -0.1) is 0 Å². The monoisotopic (exact) mass is 545 g/mol. The van der Waals surface area contributed by atoms with E-state index < -0.39 is 18.5 Å². The summed E-state index contributed by atoms with van der Waals surface area (Å²) in [6, 6.07) is 24.4. The van der Waals surface area contributed by atoms with Gasteiger partial charge in [0.2, 0.25) is 0 Å². The van der Waals surface area contributed by atoms with E-state index >= 15 is 0 Å². The summed E-state index contributed by atoms with van der Waals surface area (Å²) in [6.07, 6.45) is 0. The lowest BCUT2D eigenvalue weighted by molar-refractivity contribution is -0.119. The molecule has 0 radical (unpaired) electrons. The molecule has 1 aliphatic heterocycles. The third-order valence-corrected chi connectivity index (χ3v) is 6.41. The van der Waals surface area contributed by atoms with Gasteiger partial charge in [0.1, 0.15) is 0 Å². The van der Waals surface area contributed by atoms with Crippen molar-refractivity contribution in [1.29, 1.82) is 0 Å². The third-order valence-electron chi connectivity index (χ3n) is 5.92. The van der Waals surface area contributed by atoms with E-state index in [4.69, 9.17) is 14.5 Å². The maximum absolute atomic E-state index is 13.0. The van der Waals surface area contributed by atoms with Crippen LogP contribution in [-0.2, 0) is 14.3 Å². The highest BCUT2D eigenvalue weighted by Crippen LogP contribution is 2.27. The Morgan fingerprint density at radius 1 is 0.972 bits per heavy atom. The van der Waals surface area contributed by atoms with E-state index in [-0.39, 0.29) is 0 Å². The smallest absolute Gasteiger partial charge is 0.339 e. The van der Waals surface area contributed by atoms with Crippen molar-refractivity contribution in [2.45, 2.75) is 0 Å². The van der Waals surface area contributed by atoms with E-state index in [1.54, 1.807) is 6.07 Å². The summed E-state index contributed by atoms with van der Waals surface area (Å²) in [6.45, 7) is 2.71. The van der Waals surface area contributed by atoms with Crippen LogP contribution >= 0.6 is 15.9 Å². The molecule has 7 nitrogen and oxygen atoms in total. The average Bonchev–Trinajstić information content (AvgIpc) is 2.92. The van der Waals surface area contributed by atoms with Crippen molar-refractivity contribution in [3.05, 3.63) is 88.9 Å². The fourth-order valence-electron chi connectivity index (χ4n) is 4.12. The number of nitrogens with zero attached hydrogens (tertiary/aromatic N) is 2. The number of pyridine rings is 1. The van der Waals surface area contributed by atoms with Crippen molar-refractivity contribution in [3.63, 3.8) is 0 Å². The molecule has 1 aliphatic rings. The average molecular weight is 546 g/mol. The molecule has 0 atom stereocenters. The minimum Gasteiger partial charge on any atom is -0.452 e. The molecule has 0 bridgehead atoms. The van der Waals surface area contributed by atoms with Gasteiger partial charge in [-0.05, 0) is 48.5 Å². The van der Waals surface area contributed by atoms with Gasteiger partial charge in [-0.25, -0.2) is 9.78 Å². The molecular formula is C28H24BrN3O4. The molecule has 182 valence electrons. The second-order valence-electron chi connectivity index (χ2n) is 8.35. The number of esters is 1. The molecule has 0 unspecified atom stereocenters. The summed E-state index contributed by atoms with van der Waals surface area (Å²) in [5, 5.41) is 3.45. The second kappa shape index (κ2) is 10.9. The Balaban J connectivity index is 1.27. The zero-order valence-electron chi connectivity index (χ0n) is 19.4. The molecule has 36 heavy (non-hydrogen) atoms. The molecule has 1 aromatic heterocycles. The molecule has 2 heterocycles. The molecule has 0 aliphatic carbocycles. The standard InChI is InChI=1S/C28H24BrN3O4/c29-20-5-3-4-19(16-20)26-17-24(23-6-1-2-7-25(23)31-26)28(34)36-18-27(33)30-21-8-10-22(11-9-21)32-12-14-35-15-13-32/h1-11,16-17H,12-15,18H2,(H,30,33). The summed E-state index contributed by atoms with van der Waals surface area (Å²) in [5.41, 5.74) is 4.26. The summed E-state index contributed by atoms with van der Waals surface area (Å²) >= 11 is 3.48. The molecule has 0 saturated carbocycles. The first-order valence-corrected chi connectivity index (χ1v) is 12.4. The number of fused-ring (bicyclic) bond motifs is 1. The van der Waals surface area contributed by atoms with Crippen molar-refractivity contribution in [3.8, 4) is 11.3 Å². The van der Waals surface area contributed by atoms with Crippen LogP contribution in [0.15, 0.2) is 83.3 Å². The molecule has 8 heteroatoms. The predicted molar refractivity (Wildman–Crippen MR) is 143 cm³/mol. The number of amides is 1. The van der Waals surface area contributed by atoms with Gasteiger partial charge < -0.3 is 19.7 Å². The van der Waals surface area contributed by atoms with Crippen LogP contribution in [0, 0.1) is 0 Å². The zero-order chi connectivity index (χ0) is 24.9. The van der Waals surface area contributed by atoms with Crippen LogP contribution in [-0.4, -0.2) is 49.8 Å². The Morgan fingerprint density at radius 2 is 1.75 bits per heavy atom. The van der Waals surface area contributed by atoms with E-state index in [0.29, 0.717) is 41.1 Å². The zero-order valence-corrected chi connectivity index (χ0v) is 21.0.